The van der Waals surface area contributed by atoms with Crippen LogP contribution in [0.15, 0.2) is 42.6 Å². The molecular weight excluding hydrogens is 410 g/mol. The topological polar surface area (TPSA) is 113 Å². The molecule has 3 N–H and O–H groups in total. The van der Waals surface area contributed by atoms with Crippen LogP contribution in [0.5, 0.6) is 11.5 Å². The Bertz CT molecular complexity index is 1120. The Balaban J connectivity index is 1.92. The number of fused-ring (bicyclic) bond motifs is 1. The van der Waals surface area contributed by atoms with Crippen LogP contribution in [0.2, 0.25) is 0 Å². The lowest BCUT2D eigenvalue weighted by atomic mass is 9.97. The van der Waals surface area contributed by atoms with Crippen LogP contribution in [-0.2, 0) is 4.74 Å². The van der Waals surface area contributed by atoms with Gasteiger partial charge in [-0.2, -0.15) is 0 Å². The van der Waals surface area contributed by atoms with Gasteiger partial charge in [-0.15, -0.1) is 0 Å². The minimum Gasteiger partial charge on any atom is -0.496 e. The van der Waals surface area contributed by atoms with Crippen molar-refractivity contribution in [1.82, 2.24) is 10.3 Å². The first kappa shape index (κ1) is 22.9. The summed E-state index contributed by atoms with van der Waals surface area (Å²) < 4.78 is 15.8. The average Bonchev–Trinajstić information content (AvgIpc) is 2.79. The highest BCUT2D eigenvalue weighted by atomic mass is 16.5. The number of pyridine rings is 1. The molecule has 0 aliphatic carbocycles. The van der Waals surface area contributed by atoms with Gasteiger partial charge in [-0.1, -0.05) is 19.9 Å². The van der Waals surface area contributed by atoms with E-state index in [9.17, 15) is 9.59 Å². The highest BCUT2D eigenvalue weighted by Crippen LogP contribution is 2.39. The molecule has 32 heavy (non-hydrogen) atoms. The molecule has 0 bridgehead atoms. The van der Waals surface area contributed by atoms with Crippen molar-refractivity contribution in [1.29, 1.82) is 0 Å². The highest BCUT2D eigenvalue weighted by molar-refractivity contribution is 5.99. The zero-order chi connectivity index (χ0) is 23.3. The number of rotatable bonds is 8. The summed E-state index contributed by atoms with van der Waals surface area (Å²) in [5.74, 6) is 1.43. The monoisotopic (exact) mass is 437 g/mol. The number of nitrogens with one attached hydrogen (secondary N) is 1. The predicted octanol–water partition coefficient (Wildman–Crippen LogP) is 3.87. The largest absolute Gasteiger partial charge is 0.496 e. The molecule has 8 nitrogen and oxygen atoms in total. The molecule has 0 atom stereocenters. The molecule has 0 fully saturated rings. The van der Waals surface area contributed by atoms with Crippen LogP contribution in [0, 0.1) is 0 Å². The zero-order valence-electron chi connectivity index (χ0n) is 18.6. The Morgan fingerprint density at radius 2 is 1.72 bits per heavy atom. The van der Waals surface area contributed by atoms with Crippen molar-refractivity contribution in [3.8, 4) is 22.8 Å². The minimum absolute atomic E-state index is 0.0127. The fourth-order valence-electron chi connectivity index (χ4n) is 3.51. The van der Waals surface area contributed by atoms with Crippen LogP contribution >= 0.6 is 0 Å². The second kappa shape index (κ2) is 10.00. The fourth-order valence-corrected chi connectivity index (χ4v) is 3.51. The average molecular weight is 437 g/mol. The van der Waals surface area contributed by atoms with E-state index >= 15 is 0 Å². The van der Waals surface area contributed by atoms with E-state index in [-0.39, 0.29) is 25.0 Å². The molecule has 168 valence electrons. The number of hydrogen-bond acceptors (Lipinski definition) is 6. The third-order valence-electron chi connectivity index (χ3n) is 5.03. The first-order valence-corrected chi connectivity index (χ1v) is 10.2. The smallest absolute Gasteiger partial charge is 0.404 e. The Hall–Kier alpha value is -3.81. The summed E-state index contributed by atoms with van der Waals surface area (Å²) in [7, 11) is 3.27. The van der Waals surface area contributed by atoms with Crippen LogP contribution in [-0.4, -0.2) is 44.4 Å². The number of ether oxygens (including phenoxy) is 3. The van der Waals surface area contributed by atoms with Gasteiger partial charge < -0.3 is 25.3 Å². The SMILES string of the molecule is COc1cc(-c2cc3cc(C(=O)NCCOC(N)=O)ccc3cn2)cc(OC)c1C(C)C. The molecule has 0 radical (unpaired) electrons. The summed E-state index contributed by atoms with van der Waals surface area (Å²) in [6.45, 7) is 4.35. The van der Waals surface area contributed by atoms with Crippen molar-refractivity contribution >= 4 is 22.8 Å². The van der Waals surface area contributed by atoms with Gasteiger partial charge in [0.25, 0.3) is 5.91 Å². The number of aromatic nitrogens is 1. The standard InChI is InChI=1S/C24H27N3O5/c1-14(2)22-20(30-3)11-18(12-21(22)31-4)19-10-17-9-15(5-6-16(17)13-27-19)23(28)26-7-8-32-24(25)29/h5-6,9-14H,7-8H2,1-4H3,(H2,25,29)(H,26,28). The maximum Gasteiger partial charge on any atom is 0.404 e. The summed E-state index contributed by atoms with van der Waals surface area (Å²) in [6, 6.07) is 11.2. The summed E-state index contributed by atoms with van der Waals surface area (Å²) in [4.78, 5) is 27.6. The van der Waals surface area contributed by atoms with E-state index in [0.29, 0.717) is 5.56 Å². The summed E-state index contributed by atoms with van der Waals surface area (Å²) in [6.07, 6.45) is 0.891. The number of methoxy groups -OCH3 is 2. The first-order chi connectivity index (χ1) is 15.3. The van der Waals surface area contributed by atoms with Gasteiger partial charge in [0.2, 0.25) is 0 Å². The number of hydrogen-bond donors (Lipinski definition) is 2. The molecule has 3 aromatic rings. The van der Waals surface area contributed by atoms with Gasteiger partial charge in [0.05, 0.1) is 26.5 Å². The van der Waals surface area contributed by atoms with Crippen molar-refractivity contribution in [2.24, 2.45) is 5.73 Å². The Labute approximate surface area is 186 Å². The fraction of sp³-hybridized carbons (Fsp3) is 0.292. The number of carbonyl (C=O) groups excluding carboxylic acids is 2. The first-order valence-electron chi connectivity index (χ1n) is 10.2. The van der Waals surface area contributed by atoms with E-state index in [2.05, 4.69) is 28.9 Å². The molecule has 0 aliphatic heterocycles. The molecular formula is C24H27N3O5. The van der Waals surface area contributed by atoms with Crippen LogP contribution in [0.1, 0.15) is 35.7 Å². The molecule has 3 rings (SSSR count). The van der Waals surface area contributed by atoms with E-state index in [1.807, 2.05) is 24.3 Å². The Kier molecular flexibility index (Phi) is 7.14. The lowest BCUT2D eigenvalue weighted by molar-refractivity contribution is 0.0937. The number of carbonyl (C=O) groups is 2. The minimum atomic E-state index is -0.875. The molecule has 0 saturated heterocycles. The third kappa shape index (κ3) is 5.08. The van der Waals surface area contributed by atoms with Crippen LogP contribution in [0.3, 0.4) is 0 Å². The molecule has 1 aromatic heterocycles. The quantitative estimate of drug-likeness (QED) is 0.517. The Morgan fingerprint density at radius 1 is 1.03 bits per heavy atom. The van der Waals surface area contributed by atoms with E-state index < -0.39 is 6.09 Å². The molecule has 2 aromatic carbocycles. The van der Waals surface area contributed by atoms with Gasteiger partial charge >= 0.3 is 6.09 Å². The lowest BCUT2D eigenvalue weighted by Crippen LogP contribution is -2.28. The summed E-state index contributed by atoms with van der Waals surface area (Å²) in [5.41, 5.74) is 7.98. The van der Waals surface area contributed by atoms with E-state index in [0.717, 1.165) is 39.1 Å². The molecule has 8 heteroatoms. The number of primary amides is 1. The molecule has 0 unspecified atom stereocenters. The van der Waals surface area contributed by atoms with E-state index in [1.54, 1.807) is 32.5 Å². The second-order valence-electron chi connectivity index (χ2n) is 7.50. The van der Waals surface area contributed by atoms with Gasteiger partial charge in [-0.3, -0.25) is 9.78 Å². The van der Waals surface area contributed by atoms with Gasteiger partial charge in [0.1, 0.15) is 18.1 Å². The van der Waals surface area contributed by atoms with Crippen LogP contribution in [0.25, 0.3) is 22.0 Å². The zero-order valence-corrected chi connectivity index (χ0v) is 18.6. The van der Waals surface area contributed by atoms with Crippen molar-refractivity contribution in [3.63, 3.8) is 0 Å². The van der Waals surface area contributed by atoms with Gasteiger partial charge in [0, 0.05) is 28.3 Å². The van der Waals surface area contributed by atoms with E-state index in [4.69, 9.17) is 15.2 Å². The number of nitrogens with two attached hydrogens (primary N) is 1. The molecule has 1 heterocycles. The van der Waals surface area contributed by atoms with Crippen LogP contribution < -0.4 is 20.5 Å². The van der Waals surface area contributed by atoms with Crippen molar-refractivity contribution in [3.05, 3.63) is 53.7 Å². The Morgan fingerprint density at radius 3 is 2.31 bits per heavy atom. The molecule has 0 aliphatic rings. The summed E-state index contributed by atoms with van der Waals surface area (Å²) in [5, 5.41) is 4.46. The van der Waals surface area contributed by atoms with Crippen LogP contribution in [0.4, 0.5) is 4.79 Å². The van der Waals surface area contributed by atoms with Gasteiger partial charge in [-0.25, -0.2) is 4.79 Å². The highest BCUT2D eigenvalue weighted by Gasteiger charge is 2.17. The maximum atomic E-state index is 12.4. The normalized spacial score (nSPS) is 10.8. The van der Waals surface area contributed by atoms with Gasteiger partial charge in [0.15, 0.2) is 0 Å². The van der Waals surface area contributed by atoms with Crippen molar-refractivity contribution in [2.45, 2.75) is 19.8 Å². The van der Waals surface area contributed by atoms with Crippen molar-refractivity contribution in [2.75, 3.05) is 27.4 Å². The predicted molar refractivity (Wildman–Crippen MR) is 122 cm³/mol. The molecule has 2 amide bonds. The lowest BCUT2D eigenvalue weighted by Gasteiger charge is -2.18. The van der Waals surface area contributed by atoms with E-state index in [1.165, 1.54) is 0 Å². The third-order valence-corrected chi connectivity index (χ3v) is 5.03. The molecule has 0 spiro atoms. The molecule has 0 saturated carbocycles. The number of nitrogens with zero attached hydrogens (tertiary/aromatic N) is 1. The summed E-state index contributed by atoms with van der Waals surface area (Å²) >= 11 is 0. The second-order valence-corrected chi connectivity index (χ2v) is 7.50. The maximum absolute atomic E-state index is 12.4. The number of amides is 2. The van der Waals surface area contributed by atoms with Gasteiger partial charge in [-0.05, 0) is 41.6 Å². The van der Waals surface area contributed by atoms with Crippen molar-refractivity contribution < 1.29 is 23.8 Å². The number of benzene rings is 2.